The maximum atomic E-state index is 12.0. The van der Waals surface area contributed by atoms with E-state index in [-0.39, 0.29) is 5.91 Å². The van der Waals surface area contributed by atoms with Crippen LogP contribution in [0.15, 0.2) is 42.5 Å². The fourth-order valence-corrected chi connectivity index (χ4v) is 2.14. The molecule has 0 atom stereocenters. The van der Waals surface area contributed by atoms with E-state index in [0.29, 0.717) is 16.1 Å². The van der Waals surface area contributed by atoms with Crippen molar-refractivity contribution in [3.8, 4) is 0 Å². The van der Waals surface area contributed by atoms with E-state index >= 15 is 0 Å². The molecule has 2 aromatic carbocycles. The van der Waals surface area contributed by atoms with Crippen molar-refractivity contribution in [3.63, 3.8) is 0 Å². The molecule has 0 saturated heterocycles. The molecule has 0 unspecified atom stereocenters. The Balaban J connectivity index is 2.02. The van der Waals surface area contributed by atoms with Gasteiger partial charge in [0.2, 0.25) is 0 Å². The normalized spacial score (nSPS) is 10.0. The highest BCUT2D eigenvalue weighted by atomic mass is 35.5. The maximum absolute atomic E-state index is 12.0. The average molecular weight is 303 g/mol. The van der Waals surface area contributed by atoms with Crippen molar-refractivity contribution in [2.75, 3.05) is 0 Å². The summed E-state index contributed by atoms with van der Waals surface area (Å²) < 4.78 is 0. The van der Waals surface area contributed by atoms with Gasteiger partial charge in [0.05, 0.1) is 0 Å². The molecule has 0 aliphatic heterocycles. The van der Waals surface area contributed by atoms with E-state index in [0.717, 1.165) is 11.1 Å². The van der Waals surface area contributed by atoms with E-state index in [1.54, 1.807) is 24.3 Å². The molecular formula is C16H15ClN2O2. The van der Waals surface area contributed by atoms with E-state index in [2.05, 4.69) is 10.9 Å². The maximum Gasteiger partial charge on any atom is 0.269 e. The Hall–Kier alpha value is -2.33. The standard InChI is InChI=1S/C16H15ClN2O2/c1-10-6-7-14(11(2)8-10)16(21)19-18-15(20)12-4-3-5-13(17)9-12/h3-9H,1-2H3,(H,18,20)(H,19,21). The number of nitrogens with one attached hydrogen (secondary N) is 2. The lowest BCUT2D eigenvalue weighted by Gasteiger charge is -2.10. The molecule has 0 saturated carbocycles. The summed E-state index contributed by atoms with van der Waals surface area (Å²) in [6.07, 6.45) is 0. The quantitative estimate of drug-likeness (QED) is 0.838. The second kappa shape index (κ2) is 6.41. The van der Waals surface area contributed by atoms with Crippen LogP contribution in [0.3, 0.4) is 0 Å². The van der Waals surface area contributed by atoms with Gasteiger partial charge in [-0.25, -0.2) is 0 Å². The zero-order valence-electron chi connectivity index (χ0n) is 11.7. The van der Waals surface area contributed by atoms with E-state index in [1.165, 1.54) is 6.07 Å². The van der Waals surface area contributed by atoms with Crippen LogP contribution in [0, 0.1) is 13.8 Å². The molecule has 0 aliphatic carbocycles. The Morgan fingerprint density at radius 1 is 0.952 bits per heavy atom. The molecule has 2 N–H and O–H groups in total. The molecule has 0 aromatic heterocycles. The monoisotopic (exact) mass is 302 g/mol. The first-order chi connectivity index (χ1) is 9.97. The lowest BCUT2D eigenvalue weighted by atomic mass is 10.1. The summed E-state index contributed by atoms with van der Waals surface area (Å²) in [4.78, 5) is 23.9. The molecule has 0 aliphatic rings. The fraction of sp³-hybridized carbons (Fsp3) is 0.125. The third-order valence-electron chi connectivity index (χ3n) is 3.00. The van der Waals surface area contributed by atoms with Crippen LogP contribution >= 0.6 is 11.6 Å². The van der Waals surface area contributed by atoms with Crippen molar-refractivity contribution in [3.05, 3.63) is 69.7 Å². The smallest absolute Gasteiger partial charge is 0.267 e. The number of amides is 2. The summed E-state index contributed by atoms with van der Waals surface area (Å²) in [7, 11) is 0. The highest BCUT2D eigenvalue weighted by molar-refractivity contribution is 6.30. The number of carbonyl (C=O) groups is 2. The average Bonchev–Trinajstić information content (AvgIpc) is 2.44. The first-order valence-corrected chi connectivity index (χ1v) is 6.78. The molecule has 0 radical (unpaired) electrons. The van der Waals surface area contributed by atoms with Crippen molar-refractivity contribution in [2.24, 2.45) is 0 Å². The lowest BCUT2D eigenvalue weighted by molar-refractivity contribution is 0.0846. The number of hydrazine groups is 1. The zero-order valence-corrected chi connectivity index (χ0v) is 12.5. The molecule has 5 heteroatoms. The summed E-state index contributed by atoms with van der Waals surface area (Å²) in [5.41, 5.74) is 7.59. The molecular weight excluding hydrogens is 288 g/mol. The Labute approximate surface area is 128 Å². The van der Waals surface area contributed by atoms with Gasteiger partial charge in [0, 0.05) is 16.1 Å². The summed E-state index contributed by atoms with van der Waals surface area (Å²) in [5.74, 6) is -0.779. The number of hydrogen-bond donors (Lipinski definition) is 2. The van der Waals surface area contributed by atoms with Crippen molar-refractivity contribution in [1.29, 1.82) is 0 Å². The zero-order chi connectivity index (χ0) is 15.4. The van der Waals surface area contributed by atoms with Crippen LogP contribution in [0.4, 0.5) is 0 Å². The summed E-state index contributed by atoms with van der Waals surface area (Å²) in [6.45, 7) is 3.80. The number of carbonyl (C=O) groups excluding carboxylic acids is 2. The minimum Gasteiger partial charge on any atom is -0.267 e. The molecule has 108 valence electrons. The second-order valence-corrected chi connectivity index (χ2v) is 5.17. The fourth-order valence-electron chi connectivity index (χ4n) is 1.95. The topological polar surface area (TPSA) is 58.2 Å². The Morgan fingerprint density at radius 2 is 1.67 bits per heavy atom. The molecule has 0 fully saturated rings. The van der Waals surface area contributed by atoms with E-state index in [1.807, 2.05) is 26.0 Å². The van der Waals surface area contributed by atoms with Gasteiger partial charge in [-0.05, 0) is 43.7 Å². The number of benzene rings is 2. The summed E-state index contributed by atoms with van der Waals surface area (Å²) in [6, 6.07) is 12.0. The Bertz CT molecular complexity index is 698. The van der Waals surface area contributed by atoms with Crippen LogP contribution in [-0.4, -0.2) is 11.8 Å². The van der Waals surface area contributed by atoms with Gasteiger partial charge in [0.15, 0.2) is 0 Å². The van der Waals surface area contributed by atoms with Crippen LogP contribution in [0.2, 0.25) is 5.02 Å². The van der Waals surface area contributed by atoms with Gasteiger partial charge < -0.3 is 0 Å². The number of halogens is 1. The SMILES string of the molecule is Cc1ccc(C(=O)NNC(=O)c2cccc(Cl)c2)c(C)c1. The van der Waals surface area contributed by atoms with E-state index in [9.17, 15) is 9.59 Å². The van der Waals surface area contributed by atoms with Gasteiger partial charge >= 0.3 is 0 Å². The van der Waals surface area contributed by atoms with Gasteiger partial charge in [-0.15, -0.1) is 0 Å². The van der Waals surface area contributed by atoms with Gasteiger partial charge in [0.1, 0.15) is 0 Å². The van der Waals surface area contributed by atoms with Crippen molar-refractivity contribution >= 4 is 23.4 Å². The van der Waals surface area contributed by atoms with Gasteiger partial charge in [-0.1, -0.05) is 35.4 Å². The highest BCUT2D eigenvalue weighted by Crippen LogP contribution is 2.11. The third kappa shape index (κ3) is 3.83. The predicted octanol–water partition coefficient (Wildman–Crippen LogP) is 3.03. The number of aryl methyl sites for hydroxylation is 2. The van der Waals surface area contributed by atoms with Crippen LogP contribution in [-0.2, 0) is 0 Å². The Morgan fingerprint density at radius 3 is 2.33 bits per heavy atom. The lowest BCUT2D eigenvalue weighted by Crippen LogP contribution is -2.41. The van der Waals surface area contributed by atoms with Crippen molar-refractivity contribution in [1.82, 2.24) is 10.9 Å². The predicted molar refractivity (Wildman–Crippen MR) is 82.3 cm³/mol. The highest BCUT2D eigenvalue weighted by Gasteiger charge is 2.11. The second-order valence-electron chi connectivity index (χ2n) is 4.74. The largest absolute Gasteiger partial charge is 0.269 e. The van der Waals surface area contributed by atoms with Crippen LogP contribution in [0.1, 0.15) is 31.8 Å². The minimum atomic E-state index is -0.421. The molecule has 2 rings (SSSR count). The third-order valence-corrected chi connectivity index (χ3v) is 3.24. The number of rotatable bonds is 2. The number of hydrogen-bond acceptors (Lipinski definition) is 2. The molecule has 2 aromatic rings. The van der Waals surface area contributed by atoms with Crippen LogP contribution in [0.25, 0.3) is 0 Å². The molecule has 4 nitrogen and oxygen atoms in total. The van der Waals surface area contributed by atoms with E-state index in [4.69, 9.17) is 11.6 Å². The van der Waals surface area contributed by atoms with Crippen LogP contribution in [0.5, 0.6) is 0 Å². The van der Waals surface area contributed by atoms with Gasteiger partial charge in [0.25, 0.3) is 11.8 Å². The van der Waals surface area contributed by atoms with Gasteiger partial charge in [-0.2, -0.15) is 0 Å². The van der Waals surface area contributed by atoms with Crippen molar-refractivity contribution < 1.29 is 9.59 Å². The Kier molecular flexibility index (Phi) is 4.60. The molecule has 2 amide bonds. The minimum absolute atomic E-state index is 0.358. The first kappa shape index (κ1) is 15.1. The van der Waals surface area contributed by atoms with Crippen LogP contribution < -0.4 is 10.9 Å². The first-order valence-electron chi connectivity index (χ1n) is 6.41. The van der Waals surface area contributed by atoms with E-state index < -0.39 is 5.91 Å². The molecule has 0 bridgehead atoms. The summed E-state index contributed by atoms with van der Waals surface area (Å²) >= 11 is 5.82. The van der Waals surface area contributed by atoms with Gasteiger partial charge in [-0.3, -0.25) is 20.4 Å². The molecule has 0 heterocycles. The van der Waals surface area contributed by atoms with Crippen molar-refractivity contribution in [2.45, 2.75) is 13.8 Å². The molecule has 0 spiro atoms. The molecule has 21 heavy (non-hydrogen) atoms. The summed E-state index contributed by atoms with van der Waals surface area (Å²) in [5, 5.41) is 0.461.